The molecule has 0 aliphatic rings. The molecule has 1 aromatic rings. The third kappa shape index (κ3) is 5.10. The van der Waals surface area contributed by atoms with E-state index in [0.717, 1.165) is 0 Å². The Bertz CT molecular complexity index is 74.9. The topological polar surface area (TPSA) is 53.6 Å². The Hall–Kier alpha value is -0.900. The highest BCUT2D eigenvalue weighted by Crippen LogP contribution is 1.55. The second kappa shape index (κ2) is 6.10. The van der Waals surface area contributed by atoms with Gasteiger partial charge in [0.05, 0.1) is 12.4 Å². The van der Waals surface area contributed by atoms with Crippen molar-refractivity contribution in [3.63, 3.8) is 0 Å². The van der Waals surface area contributed by atoms with Crippen molar-refractivity contribution in [2.45, 2.75) is 0 Å². The third-order valence-electron chi connectivity index (χ3n) is 0.331. The van der Waals surface area contributed by atoms with E-state index in [1.165, 1.54) is 0 Å². The van der Waals surface area contributed by atoms with Crippen molar-refractivity contribution in [2.75, 3.05) is 14.1 Å². The first-order valence-electron chi connectivity index (χ1n) is 2.30. The van der Waals surface area contributed by atoms with Gasteiger partial charge in [-0.05, 0) is 14.1 Å². The average molecular weight is 114 g/mol. The Labute approximate surface area is 48.3 Å². The van der Waals surface area contributed by atoms with E-state index in [0.29, 0.717) is 0 Å². The zero-order valence-corrected chi connectivity index (χ0v) is 5.05. The molecule has 0 unspecified atom stereocenters. The predicted octanol–water partition coefficient (Wildman–Crippen LogP) is -0.360. The highest BCUT2D eigenvalue weighted by atomic mass is 15.3. The van der Waals surface area contributed by atoms with E-state index in [2.05, 4.69) is 20.7 Å². The number of rotatable bonds is 0. The van der Waals surface area contributed by atoms with Crippen LogP contribution in [0.3, 0.4) is 0 Å². The largest absolute Gasteiger partial charge is 0.323 e. The number of nitrogens with one attached hydrogen (secondary N) is 2. The fourth-order valence-corrected chi connectivity index (χ4v) is 0.167. The van der Waals surface area contributed by atoms with Crippen molar-refractivity contribution in [1.29, 1.82) is 0 Å². The zero-order valence-electron chi connectivity index (χ0n) is 5.05. The van der Waals surface area contributed by atoms with E-state index < -0.39 is 0 Å². The van der Waals surface area contributed by atoms with E-state index in [1.807, 2.05) is 14.1 Å². The minimum Gasteiger partial charge on any atom is -0.323 e. The molecule has 0 saturated carbocycles. The summed E-state index contributed by atoms with van der Waals surface area (Å²) in [6, 6.07) is 0. The van der Waals surface area contributed by atoms with Crippen LogP contribution >= 0.6 is 0 Å². The van der Waals surface area contributed by atoms with Crippen LogP contribution in [0.5, 0.6) is 0 Å². The fraction of sp³-hybridized carbons (Fsp3) is 0.500. The van der Waals surface area contributed by atoms with Gasteiger partial charge in [-0.2, -0.15) is 15.4 Å². The average Bonchev–Trinajstić information content (AvgIpc) is 2.17. The lowest BCUT2D eigenvalue weighted by Crippen LogP contribution is -1.89. The van der Waals surface area contributed by atoms with E-state index in [4.69, 9.17) is 0 Å². The molecule has 0 amide bonds. The van der Waals surface area contributed by atoms with Crippen molar-refractivity contribution in [3.8, 4) is 0 Å². The summed E-state index contributed by atoms with van der Waals surface area (Å²) < 4.78 is 0. The van der Waals surface area contributed by atoms with Crippen molar-refractivity contribution in [2.24, 2.45) is 0 Å². The fourth-order valence-electron chi connectivity index (χ4n) is 0.167. The second-order valence-corrected chi connectivity index (χ2v) is 1.16. The van der Waals surface area contributed by atoms with Crippen LogP contribution in [0, 0.1) is 0 Å². The molecule has 0 atom stereocenters. The molecule has 0 fully saturated rings. The minimum absolute atomic E-state index is 1.58. The molecule has 0 saturated heterocycles. The van der Waals surface area contributed by atoms with Crippen LogP contribution in [0.4, 0.5) is 0 Å². The SMILES string of the molecule is CNC.c1cn[nH]n1. The van der Waals surface area contributed by atoms with Gasteiger partial charge in [0.1, 0.15) is 0 Å². The van der Waals surface area contributed by atoms with Gasteiger partial charge < -0.3 is 5.32 Å². The summed E-state index contributed by atoms with van der Waals surface area (Å²) in [7, 11) is 3.75. The zero-order chi connectivity index (χ0) is 6.24. The third-order valence-corrected chi connectivity index (χ3v) is 0.331. The van der Waals surface area contributed by atoms with Gasteiger partial charge in [0, 0.05) is 0 Å². The van der Waals surface area contributed by atoms with E-state index in [-0.39, 0.29) is 0 Å². The Morgan fingerprint density at radius 2 is 1.62 bits per heavy atom. The summed E-state index contributed by atoms with van der Waals surface area (Å²) in [4.78, 5) is 0. The van der Waals surface area contributed by atoms with Gasteiger partial charge in [-0.3, -0.25) is 0 Å². The summed E-state index contributed by atoms with van der Waals surface area (Å²) in [6.07, 6.45) is 3.17. The Morgan fingerprint density at radius 1 is 1.25 bits per heavy atom. The number of nitrogens with zero attached hydrogens (tertiary/aromatic N) is 2. The summed E-state index contributed by atoms with van der Waals surface area (Å²) >= 11 is 0. The molecule has 0 spiro atoms. The van der Waals surface area contributed by atoms with Gasteiger partial charge in [0.25, 0.3) is 0 Å². The predicted molar refractivity (Wildman–Crippen MR) is 31.4 cm³/mol. The molecular weight excluding hydrogens is 104 g/mol. The number of hydrogen-bond donors (Lipinski definition) is 2. The Morgan fingerprint density at radius 3 is 1.75 bits per heavy atom. The highest BCUT2D eigenvalue weighted by molar-refractivity contribution is 4.54. The monoisotopic (exact) mass is 114 g/mol. The Balaban J connectivity index is 0.000000145. The van der Waals surface area contributed by atoms with Gasteiger partial charge >= 0.3 is 0 Å². The molecule has 4 heteroatoms. The van der Waals surface area contributed by atoms with Crippen LogP contribution in [0.25, 0.3) is 0 Å². The molecule has 0 bridgehead atoms. The van der Waals surface area contributed by atoms with Crippen LogP contribution < -0.4 is 5.32 Å². The molecule has 0 radical (unpaired) electrons. The van der Waals surface area contributed by atoms with E-state index in [1.54, 1.807) is 12.4 Å². The molecule has 1 heterocycles. The first-order chi connectivity index (χ1) is 3.91. The number of aromatic amines is 1. The number of H-pyrrole nitrogens is 1. The van der Waals surface area contributed by atoms with E-state index in [9.17, 15) is 0 Å². The van der Waals surface area contributed by atoms with Crippen LogP contribution in [-0.4, -0.2) is 29.5 Å². The lowest BCUT2D eigenvalue weighted by molar-refractivity contribution is 0.940. The molecule has 0 aromatic carbocycles. The summed E-state index contributed by atoms with van der Waals surface area (Å²) in [5, 5.41) is 12.1. The number of aromatic nitrogens is 3. The van der Waals surface area contributed by atoms with Crippen LogP contribution in [-0.2, 0) is 0 Å². The smallest absolute Gasteiger partial charge is 0.0690 e. The molecule has 1 rings (SSSR count). The van der Waals surface area contributed by atoms with Gasteiger partial charge in [0.2, 0.25) is 0 Å². The first kappa shape index (κ1) is 7.10. The molecule has 1 aromatic heterocycles. The van der Waals surface area contributed by atoms with Gasteiger partial charge in [0.15, 0.2) is 0 Å². The molecule has 0 aliphatic carbocycles. The standard InChI is InChI=1S/C2H3N3.C2H7N/c1-2-4-5-3-1;1-3-2/h1-2H,(H,3,4,5);3H,1-2H3. The summed E-state index contributed by atoms with van der Waals surface area (Å²) in [5.41, 5.74) is 0. The minimum atomic E-state index is 1.58. The maximum absolute atomic E-state index is 3.49. The van der Waals surface area contributed by atoms with Gasteiger partial charge in [-0.1, -0.05) is 0 Å². The lowest BCUT2D eigenvalue weighted by atomic mass is 11.0. The van der Waals surface area contributed by atoms with Crippen LogP contribution in [0.15, 0.2) is 12.4 Å². The second-order valence-electron chi connectivity index (χ2n) is 1.16. The highest BCUT2D eigenvalue weighted by Gasteiger charge is 1.57. The summed E-state index contributed by atoms with van der Waals surface area (Å²) in [6.45, 7) is 0. The van der Waals surface area contributed by atoms with Crippen molar-refractivity contribution >= 4 is 0 Å². The first-order valence-corrected chi connectivity index (χ1v) is 2.30. The van der Waals surface area contributed by atoms with Crippen LogP contribution in [0.2, 0.25) is 0 Å². The normalized spacial score (nSPS) is 7.25. The quantitative estimate of drug-likeness (QED) is 0.484. The molecule has 46 valence electrons. The van der Waals surface area contributed by atoms with Crippen molar-refractivity contribution < 1.29 is 0 Å². The maximum atomic E-state index is 3.49. The van der Waals surface area contributed by atoms with Gasteiger partial charge in [-0.25, -0.2) is 0 Å². The number of hydrogen-bond acceptors (Lipinski definition) is 3. The molecule has 4 nitrogen and oxygen atoms in total. The van der Waals surface area contributed by atoms with Crippen LogP contribution in [0.1, 0.15) is 0 Å². The van der Waals surface area contributed by atoms with E-state index >= 15 is 0 Å². The van der Waals surface area contributed by atoms with Gasteiger partial charge in [-0.15, -0.1) is 0 Å². The molecule has 0 aliphatic heterocycles. The molecule has 2 N–H and O–H groups in total. The maximum Gasteiger partial charge on any atom is 0.0690 e. The van der Waals surface area contributed by atoms with Crippen molar-refractivity contribution in [1.82, 2.24) is 20.7 Å². The molecular formula is C4H10N4. The molecule has 8 heavy (non-hydrogen) atoms. The van der Waals surface area contributed by atoms with Crippen molar-refractivity contribution in [3.05, 3.63) is 12.4 Å². The Kier molecular flexibility index (Phi) is 5.41. The summed E-state index contributed by atoms with van der Waals surface area (Å²) in [5.74, 6) is 0. The lowest BCUT2D eigenvalue weighted by Gasteiger charge is -1.59.